The Morgan fingerprint density at radius 3 is 2.62 bits per heavy atom. The van der Waals surface area contributed by atoms with Gasteiger partial charge >= 0.3 is 6.18 Å². The molecule has 2 N–H and O–H groups in total. The number of aromatic nitrogens is 1. The Bertz CT molecular complexity index is 667. The van der Waals surface area contributed by atoms with E-state index in [-0.39, 0.29) is 0 Å². The van der Waals surface area contributed by atoms with Crippen LogP contribution in [0.25, 0.3) is 0 Å². The highest BCUT2D eigenvalue weighted by atomic mass is 19.4. The van der Waals surface area contributed by atoms with E-state index in [4.69, 9.17) is 5.73 Å². The zero-order valence-electron chi connectivity index (χ0n) is 11.2. The maximum absolute atomic E-state index is 12.7. The molecule has 1 aliphatic heterocycles. The van der Waals surface area contributed by atoms with Gasteiger partial charge in [0.2, 0.25) is 0 Å². The molecule has 21 heavy (non-hydrogen) atoms. The van der Waals surface area contributed by atoms with Gasteiger partial charge in [-0.2, -0.15) is 13.2 Å². The average Bonchev–Trinajstić information content (AvgIpc) is 2.46. The number of alkyl halides is 3. The fourth-order valence-corrected chi connectivity index (χ4v) is 2.59. The van der Waals surface area contributed by atoms with Crippen molar-refractivity contribution in [3.63, 3.8) is 0 Å². The zero-order chi connectivity index (χ0) is 15.0. The summed E-state index contributed by atoms with van der Waals surface area (Å²) in [5, 5.41) is 0. The van der Waals surface area contributed by atoms with Gasteiger partial charge in [-0.25, -0.2) is 4.98 Å². The van der Waals surface area contributed by atoms with E-state index in [1.54, 1.807) is 6.07 Å². The first-order chi connectivity index (χ1) is 9.95. The number of nitrogens with zero attached hydrogens (tertiary/aromatic N) is 2. The van der Waals surface area contributed by atoms with Crippen LogP contribution >= 0.6 is 0 Å². The van der Waals surface area contributed by atoms with Gasteiger partial charge in [0.1, 0.15) is 11.5 Å². The van der Waals surface area contributed by atoms with Crippen LogP contribution in [0.5, 0.6) is 0 Å². The van der Waals surface area contributed by atoms with Gasteiger partial charge in [0.15, 0.2) is 0 Å². The number of pyridine rings is 1. The van der Waals surface area contributed by atoms with E-state index in [9.17, 15) is 13.2 Å². The summed E-state index contributed by atoms with van der Waals surface area (Å²) in [6, 6.07) is 9.63. The Kier molecular flexibility index (Phi) is 3.23. The molecule has 0 unspecified atom stereocenters. The molecule has 3 nitrogen and oxygen atoms in total. The minimum Gasteiger partial charge on any atom is -0.398 e. The van der Waals surface area contributed by atoms with E-state index < -0.39 is 11.9 Å². The Hall–Kier alpha value is -2.24. The number of hydrogen-bond acceptors (Lipinski definition) is 3. The van der Waals surface area contributed by atoms with Crippen molar-refractivity contribution in [3.8, 4) is 0 Å². The van der Waals surface area contributed by atoms with Crippen LogP contribution in [0, 0.1) is 0 Å². The SMILES string of the molecule is Nc1cccc2c1CCN(c1cccc(C(F)(F)F)n1)C2. The van der Waals surface area contributed by atoms with Gasteiger partial charge in [-0.1, -0.05) is 18.2 Å². The summed E-state index contributed by atoms with van der Waals surface area (Å²) in [4.78, 5) is 5.58. The Morgan fingerprint density at radius 1 is 1.10 bits per heavy atom. The number of fused-ring (bicyclic) bond motifs is 1. The largest absolute Gasteiger partial charge is 0.433 e. The molecule has 0 spiro atoms. The molecule has 0 bridgehead atoms. The van der Waals surface area contributed by atoms with Crippen LogP contribution in [0.1, 0.15) is 16.8 Å². The second kappa shape index (κ2) is 4.95. The minimum atomic E-state index is -4.42. The van der Waals surface area contributed by atoms with Crippen molar-refractivity contribution in [1.82, 2.24) is 4.98 Å². The standard InChI is InChI=1S/C15H14F3N3/c16-15(17,18)13-5-2-6-14(20-13)21-8-7-11-10(9-21)3-1-4-12(11)19/h1-6H,7-9,19H2. The first-order valence-electron chi connectivity index (χ1n) is 6.60. The van der Waals surface area contributed by atoms with Crippen LogP contribution in [0.15, 0.2) is 36.4 Å². The van der Waals surface area contributed by atoms with Crippen molar-refractivity contribution in [2.45, 2.75) is 19.1 Å². The van der Waals surface area contributed by atoms with Crippen molar-refractivity contribution in [2.75, 3.05) is 17.2 Å². The predicted molar refractivity (Wildman–Crippen MR) is 74.8 cm³/mol. The van der Waals surface area contributed by atoms with Gasteiger partial charge in [0.05, 0.1) is 0 Å². The van der Waals surface area contributed by atoms with Crippen molar-refractivity contribution in [1.29, 1.82) is 0 Å². The van der Waals surface area contributed by atoms with Gasteiger partial charge < -0.3 is 10.6 Å². The molecule has 1 aromatic heterocycles. The number of rotatable bonds is 1. The molecule has 0 amide bonds. The molecule has 0 saturated heterocycles. The Labute approximate surface area is 120 Å². The van der Waals surface area contributed by atoms with Crippen LogP contribution in [-0.4, -0.2) is 11.5 Å². The van der Waals surface area contributed by atoms with Crippen LogP contribution in [-0.2, 0) is 19.1 Å². The third kappa shape index (κ3) is 2.66. The summed E-state index contributed by atoms with van der Waals surface area (Å²) >= 11 is 0. The lowest BCUT2D eigenvalue weighted by Gasteiger charge is -2.30. The van der Waals surface area contributed by atoms with E-state index in [1.807, 2.05) is 23.1 Å². The van der Waals surface area contributed by atoms with Crippen molar-refractivity contribution in [2.24, 2.45) is 0 Å². The number of halogens is 3. The summed E-state index contributed by atoms with van der Waals surface area (Å²) < 4.78 is 38.2. The fourth-order valence-electron chi connectivity index (χ4n) is 2.59. The topological polar surface area (TPSA) is 42.1 Å². The van der Waals surface area contributed by atoms with E-state index in [0.29, 0.717) is 25.3 Å². The quantitative estimate of drug-likeness (QED) is 0.821. The molecule has 0 fully saturated rings. The fraction of sp³-hybridized carbons (Fsp3) is 0.267. The van der Waals surface area contributed by atoms with E-state index in [1.165, 1.54) is 6.07 Å². The van der Waals surface area contributed by atoms with Crippen molar-refractivity contribution < 1.29 is 13.2 Å². The van der Waals surface area contributed by atoms with Crippen molar-refractivity contribution in [3.05, 3.63) is 53.2 Å². The van der Waals surface area contributed by atoms with Crippen LogP contribution in [0.4, 0.5) is 24.7 Å². The zero-order valence-corrected chi connectivity index (χ0v) is 11.2. The van der Waals surface area contributed by atoms with Gasteiger partial charge in [-0.05, 0) is 35.7 Å². The second-order valence-electron chi connectivity index (χ2n) is 5.04. The number of nitrogens with two attached hydrogens (primary N) is 1. The monoisotopic (exact) mass is 293 g/mol. The first kappa shape index (κ1) is 13.7. The van der Waals surface area contributed by atoms with Gasteiger partial charge in [0.25, 0.3) is 0 Å². The molecule has 1 aliphatic rings. The van der Waals surface area contributed by atoms with E-state index in [0.717, 1.165) is 22.9 Å². The summed E-state index contributed by atoms with van der Waals surface area (Å²) in [7, 11) is 0. The maximum atomic E-state index is 12.7. The highest BCUT2D eigenvalue weighted by Crippen LogP contribution is 2.31. The average molecular weight is 293 g/mol. The molecule has 3 rings (SSSR count). The molecular formula is C15H14F3N3. The van der Waals surface area contributed by atoms with Crippen LogP contribution < -0.4 is 10.6 Å². The Balaban J connectivity index is 1.90. The molecule has 110 valence electrons. The summed E-state index contributed by atoms with van der Waals surface area (Å²) in [6.07, 6.45) is -3.71. The first-order valence-corrected chi connectivity index (χ1v) is 6.60. The maximum Gasteiger partial charge on any atom is 0.433 e. The number of anilines is 2. The third-order valence-electron chi connectivity index (χ3n) is 3.65. The summed E-state index contributed by atoms with van der Waals surface area (Å²) in [5.41, 5.74) is 7.93. The minimum absolute atomic E-state index is 0.345. The third-order valence-corrected chi connectivity index (χ3v) is 3.65. The van der Waals surface area contributed by atoms with Gasteiger partial charge in [-0.3, -0.25) is 0 Å². The summed E-state index contributed by atoms with van der Waals surface area (Å²) in [6.45, 7) is 1.13. The van der Waals surface area contributed by atoms with Gasteiger partial charge in [0, 0.05) is 18.8 Å². The second-order valence-corrected chi connectivity index (χ2v) is 5.04. The molecule has 0 atom stereocenters. The lowest BCUT2D eigenvalue weighted by Crippen LogP contribution is -2.31. The summed E-state index contributed by atoms with van der Waals surface area (Å²) in [5.74, 6) is 0.345. The molecule has 0 aliphatic carbocycles. The number of hydrogen-bond donors (Lipinski definition) is 1. The molecule has 0 radical (unpaired) electrons. The molecule has 2 heterocycles. The smallest absolute Gasteiger partial charge is 0.398 e. The number of nitrogen functional groups attached to an aromatic ring is 1. The van der Waals surface area contributed by atoms with Gasteiger partial charge in [-0.15, -0.1) is 0 Å². The molecule has 1 aromatic carbocycles. The van der Waals surface area contributed by atoms with E-state index in [2.05, 4.69) is 4.98 Å². The highest BCUT2D eigenvalue weighted by Gasteiger charge is 2.33. The lowest BCUT2D eigenvalue weighted by molar-refractivity contribution is -0.141. The van der Waals surface area contributed by atoms with Crippen molar-refractivity contribution >= 4 is 11.5 Å². The molecular weight excluding hydrogens is 279 g/mol. The molecule has 6 heteroatoms. The van der Waals surface area contributed by atoms with E-state index >= 15 is 0 Å². The lowest BCUT2D eigenvalue weighted by atomic mass is 9.98. The number of benzene rings is 1. The predicted octanol–water partition coefficient (Wildman–Crippen LogP) is 3.25. The normalized spacial score (nSPS) is 14.9. The highest BCUT2D eigenvalue weighted by molar-refractivity contribution is 5.55. The Morgan fingerprint density at radius 2 is 1.86 bits per heavy atom. The van der Waals surface area contributed by atoms with Crippen LogP contribution in [0.2, 0.25) is 0 Å². The molecule has 0 saturated carbocycles. The molecule has 2 aromatic rings. The van der Waals surface area contributed by atoms with Crippen LogP contribution in [0.3, 0.4) is 0 Å².